The van der Waals surface area contributed by atoms with E-state index in [1.54, 1.807) is 44.2 Å². The van der Waals surface area contributed by atoms with Crippen LogP contribution >= 0.6 is 0 Å². The SMILES string of the molecule is CC(C)C(=O)Oc1cc(Oc2ccccc2)c(O)c2ccccc12. The zero-order valence-corrected chi connectivity index (χ0v) is 13.5. The number of carbonyl (C=O) groups excluding carboxylic acids is 1. The molecule has 0 aliphatic carbocycles. The van der Waals surface area contributed by atoms with Gasteiger partial charge in [-0.1, -0.05) is 56.3 Å². The minimum atomic E-state index is -0.337. The average molecular weight is 322 g/mol. The monoisotopic (exact) mass is 322 g/mol. The van der Waals surface area contributed by atoms with Gasteiger partial charge >= 0.3 is 5.97 Å². The fraction of sp³-hybridized carbons (Fsp3) is 0.150. The molecule has 0 aliphatic rings. The van der Waals surface area contributed by atoms with Gasteiger partial charge in [0.15, 0.2) is 11.5 Å². The number of phenolic OH excluding ortho intramolecular Hbond substituents is 1. The molecule has 0 heterocycles. The highest BCUT2D eigenvalue weighted by atomic mass is 16.5. The lowest BCUT2D eigenvalue weighted by molar-refractivity contribution is -0.137. The fourth-order valence-corrected chi connectivity index (χ4v) is 2.31. The second-order valence-electron chi connectivity index (χ2n) is 5.76. The van der Waals surface area contributed by atoms with Crippen LogP contribution in [0.3, 0.4) is 0 Å². The van der Waals surface area contributed by atoms with Crippen LogP contribution in [0.1, 0.15) is 13.8 Å². The number of fused-ring (bicyclic) bond motifs is 1. The Morgan fingerprint density at radius 2 is 1.54 bits per heavy atom. The van der Waals surface area contributed by atoms with Crippen molar-refractivity contribution in [3.05, 3.63) is 60.7 Å². The van der Waals surface area contributed by atoms with E-state index in [2.05, 4.69) is 0 Å². The minimum absolute atomic E-state index is 0.0128. The van der Waals surface area contributed by atoms with Crippen molar-refractivity contribution in [2.24, 2.45) is 5.92 Å². The summed E-state index contributed by atoms with van der Waals surface area (Å²) in [7, 11) is 0. The van der Waals surface area contributed by atoms with Crippen LogP contribution in [-0.4, -0.2) is 11.1 Å². The number of aromatic hydroxyl groups is 1. The third-order valence-corrected chi connectivity index (χ3v) is 3.60. The molecular formula is C20H18O4. The molecule has 0 amide bonds. The second-order valence-corrected chi connectivity index (χ2v) is 5.76. The fourth-order valence-electron chi connectivity index (χ4n) is 2.31. The summed E-state index contributed by atoms with van der Waals surface area (Å²) in [4.78, 5) is 12.0. The molecule has 0 atom stereocenters. The summed E-state index contributed by atoms with van der Waals surface area (Å²) in [5, 5.41) is 11.7. The highest BCUT2D eigenvalue weighted by Gasteiger charge is 2.17. The highest BCUT2D eigenvalue weighted by molar-refractivity contribution is 5.96. The van der Waals surface area contributed by atoms with Crippen molar-refractivity contribution < 1.29 is 19.4 Å². The topological polar surface area (TPSA) is 55.8 Å². The second kappa shape index (κ2) is 6.62. The van der Waals surface area contributed by atoms with Gasteiger partial charge in [-0.2, -0.15) is 0 Å². The lowest BCUT2D eigenvalue weighted by Crippen LogP contribution is -2.15. The number of hydrogen-bond donors (Lipinski definition) is 1. The van der Waals surface area contributed by atoms with Gasteiger partial charge in [-0.15, -0.1) is 0 Å². The van der Waals surface area contributed by atoms with Gasteiger partial charge in [0.1, 0.15) is 11.5 Å². The molecule has 0 saturated carbocycles. The number of ether oxygens (including phenoxy) is 2. The van der Waals surface area contributed by atoms with Crippen LogP contribution in [0.15, 0.2) is 60.7 Å². The largest absolute Gasteiger partial charge is 0.504 e. The van der Waals surface area contributed by atoms with Gasteiger partial charge in [-0.3, -0.25) is 4.79 Å². The summed E-state index contributed by atoms with van der Waals surface area (Å²) in [6.07, 6.45) is 0. The molecule has 122 valence electrons. The normalized spacial score (nSPS) is 10.8. The van der Waals surface area contributed by atoms with Crippen molar-refractivity contribution in [1.29, 1.82) is 0 Å². The van der Waals surface area contributed by atoms with E-state index in [0.29, 0.717) is 22.3 Å². The number of benzene rings is 3. The van der Waals surface area contributed by atoms with E-state index in [1.807, 2.05) is 30.3 Å². The first-order valence-corrected chi connectivity index (χ1v) is 7.75. The van der Waals surface area contributed by atoms with E-state index >= 15 is 0 Å². The average Bonchev–Trinajstić information content (AvgIpc) is 2.59. The number of para-hydroxylation sites is 1. The van der Waals surface area contributed by atoms with Crippen LogP contribution in [0, 0.1) is 5.92 Å². The zero-order chi connectivity index (χ0) is 17.1. The van der Waals surface area contributed by atoms with E-state index in [1.165, 1.54) is 0 Å². The molecule has 0 aliphatic heterocycles. The van der Waals surface area contributed by atoms with Crippen LogP contribution in [0.5, 0.6) is 23.0 Å². The molecule has 0 aromatic heterocycles. The molecule has 0 radical (unpaired) electrons. The van der Waals surface area contributed by atoms with E-state index in [-0.39, 0.29) is 23.4 Å². The van der Waals surface area contributed by atoms with Gasteiger partial charge in [0.25, 0.3) is 0 Å². The van der Waals surface area contributed by atoms with Crippen molar-refractivity contribution in [2.45, 2.75) is 13.8 Å². The van der Waals surface area contributed by atoms with Crippen LogP contribution < -0.4 is 9.47 Å². The van der Waals surface area contributed by atoms with Gasteiger partial charge in [0, 0.05) is 16.8 Å². The van der Waals surface area contributed by atoms with Gasteiger partial charge in [-0.05, 0) is 12.1 Å². The summed E-state index contributed by atoms with van der Waals surface area (Å²) < 4.78 is 11.3. The Labute approximate surface area is 140 Å². The molecule has 0 fully saturated rings. The molecule has 24 heavy (non-hydrogen) atoms. The minimum Gasteiger partial charge on any atom is -0.504 e. The predicted molar refractivity (Wildman–Crippen MR) is 92.6 cm³/mol. The molecule has 0 saturated heterocycles. The lowest BCUT2D eigenvalue weighted by atomic mass is 10.1. The molecule has 4 heteroatoms. The summed E-state index contributed by atoms with van der Waals surface area (Å²) in [5.41, 5.74) is 0. The number of rotatable bonds is 4. The molecule has 4 nitrogen and oxygen atoms in total. The maximum atomic E-state index is 12.0. The third kappa shape index (κ3) is 3.18. The van der Waals surface area contributed by atoms with E-state index < -0.39 is 0 Å². The van der Waals surface area contributed by atoms with Crippen molar-refractivity contribution in [3.63, 3.8) is 0 Å². The maximum absolute atomic E-state index is 12.0. The molecule has 3 rings (SSSR count). The molecule has 3 aromatic carbocycles. The molecule has 1 N–H and O–H groups in total. The summed E-state index contributed by atoms with van der Waals surface area (Å²) in [5.74, 6) is 0.620. The molecule has 0 spiro atoms. The Bertz CT molecular complexity index is 869. The van der Waals surface area contributed by atoms with E-state index in [4.69, 9.17) is 9.47 Å². The quantitative estimate of drug-likeness (QED) is 0.548. The van der Waals surface area contributed by atoms with Crippen LogP contribution in [0.2, 0.25) is 0 Å². The van der Waals surface area contributed by atoms with E-state index in [0.717, 1.165) is 0 Å². The number of phenols is 1. The van der Waals surface area contributed by atoms with Gasteiger partial charge < -0.3 is 14.6 Å². The first-order chi connectivity index (χ1) is 11.6. The Hall–Kier alpha value is -3.01. The summed E-state index contributed by atoms with van der Waals surface area (Å²) >= 11 is 0. The summed E-state index contributed by atoms with van der Waals surface area (Å²) in [6, 6.07) is 17.9. The Morgan fingerprint density at radius 3 is 2.21 bits per heavy atom. The highest BCUT2D eigenvalue weighted by Crippen LogP contribution is 2.42. The summed E-state index contributed by atoms with van der Waals surface area (Å²) in [6.45, 7) is 3.54. The predicted octanol–water partition coefficient (Wildman–Crippen LogP) is 4.90. The van der Waals surface area contributed by atoms with E-state index in [9.17, 15) is 9.90 Å². The van der Waals surface area contributed by atoms with Gasteiger partial charge in [0.05, 0.1) is 5.92 Å². The van der Waals surface area contributed by atoms with Crippen molar-refractivity contribution >= 4 is 16.7 Å². The first kappa shape index (κ1) is 15.9. The Kier molecular flexibility index (Phi) is 4.38. The van der Waals surface area contributed by atoms with Crippen LogP contribution in [-0.2, 0) is 4.79 Å². The van der Waals surface area contributed by atoms with Gasteiger partial charge in [0.2, 0.25) is 0 Å². The standard InChI is InChI=1S/C20H18O4/c1-13(2)20(22)24-17-12-18(23-14-8-4-3-5-9-14)19(21)16-11-7-6-10-15(16)17/h3-13,21H,1-2H3. The van der Waals surface area contributed by atoms with Crippen molar-refractivity contribution in [3.8, 4) is 23.0 Å². The van der Waals surface area contributed by atoms with Crippen molar-refractivity contribution in [2.75, 3.05) is 0 Å². The molecule has 3 aromatic rings. The smallest absolute Gasteiger partial charge is 0.313 e. The molecule has 0 bridgehead atoms. The van der Waals surface area contributed by atoms with Crippen molar-refractivity contribution in [1.82, 2.24) is 0 Å². The van der Waals surface area contributed by atoms with Gasteiger partial charge in [-0.25, -0.2) is 0 Å². The van der Waals surface area contributed by atoms with Crippen LogP contribution in [0.4, 0.5) is 0 Å². The number of carbonyl (C=O) groups is 1. The van der Waals surface area contributed by atoms with Crippen LogP contribution in [0.25, 0.3) is 10.8 Å². The zero-order valence-electron chi connectivity index (χ0n) is 13.5. The number of hydrogen-bond acceptors (Lipinski definition) is 4. The lowest BCUT2D eigenvalue weighted by Gasteiger charge is -2.14. The third-order valence-electron chi connectivity index (χ3n) is 3.60. The first-order valence-electron chi connectivity index (χ1n) is 7.75. The Balaban J connectivity index is 2.09. The number of esters is 1. The maximum Gasteiger partial charge on any atom is 0.313 e. The Morgan fingerprint density at radius 1 is 0.917 bits per heavy atom. The molecule has 0 unspecified atom stereocenters. The molecular weight excluding hydrogens is 304 g/mol.